The van der Waals surface area contributed by atoms with Gasteiger partial charge in [0.15, 0.2) is 0 Å². The van der Waals surface area contributed by atoms with Crippen LogP contribution in [0.2, 0.25) is 0 Å². The first-order valence-electron chi connectivity index (χ1n) is 11.8. The number of benzene rings is 2. The first-order chi connectivity index (χ1) is 16.9. The Morgan fingerprint density at radius 1 is 1.06 bits per heavy atom. The quantitative estimate of drug-likeness (QED) is 0.532. The van der Waals surface area contributed by atoms with Crippen molar-refractivity contribution < 1.29 is 18.8 Å². The summed E-state index contributed by atoms with van der Waals surface area (Å²) in [5.74, 6) is 1.69. The summed E-state index contributed by atoms with van der Waals surface area (Å²) in [6.07, 6.45) is 0.692. The van der Waals surface area contributed by atoms with Gasteiger partial charge < -0.3 is 19.5 Å². The Kier molecular flexibility index (Phi) is 7.77. The standard InChI is InChI=1S/C26H31N5O4/c1-18-5-4-6-22(19(18)2)27-23(32)17-30-13-15-31(16-14-30)25(33)12-11-24-28-26(29-35-24)20-7-9-21(34-3)10-8-20/h4-10H,11-17H2,1-3H3,(H,27,32). The number of anilines is 1. The second-order valence-electron chi connectivity index (χ2n) is 8.69. The summed E-state index contributed by atoms with van der Waals surface area (Å²) in [5.41, 5.74) is 3.89. The molecule has 4 rings (SSSR count). The summed E-state index contributed by atoms with van der Waals surface area (Å²) in [7, 11) is 1.61. The predicted octanol–water partition coefficient (Wildman–Crippen LogP) is 3.08. The van der Waals surface area contributed by atoms with Crippen LogP contribution in [0.4, 0.5) is 5.69 Å². The number of carbonyl (C=O) groups excluding carboxylic acids is 2. The van der Waals surface area contributed by atoms with Crippen LogP contribution in [0.25, 0.3) is 11.4 Å². The maximum Gasteiger partial charge on any atom is 0.238 e. The van der Waals surface area contributed by atoms with Crippen molar-refractivity contribution in [1.29, 1.82) is 0 Å². The van der Waals surface area contributed by atoms with Crippen LogP contribution in [-0.4, -0.2) is 71.6 Å². The molecular weight excluding hydrogens is 446 g/mol. The van der Waals surface area contributed by atoms with Crippen molar-refractivity contribution in [3.8, 4) is 17.1 Å². The number of nitrogens with one attached hydrogen (secondary N) is 1. The van der Waals surface area contributed by atoms with E-state index < -0.39 is 0 Å². The molecule has 0 radical (unpaired) electrons. The average Bonchev–Trinajstić information content (AvgIpc) is 3.35. The largest absolute Gasteiger partial charge is 0.497 e. The highest BCUT2D eigenvalue weighted by atomic mass is 16.5. The van der Waals surface area contributed by atoms with Gasteiger partial charge in [-0.2, -0.15) is 4.98 Å². The maximum absolute atomic E-state index is 12.7. The molecule has 1 N–H and O–H groups in total. The number of nitrogens with zero attached hydrogens (tertiary/aromatic N) is 4. The summed E-state index contributed by atoms with van der Waals surface area (Å²) >= 11 is 0. The van der Waals surface area contributed by atoms with Crippen molar-refractivity contribution in [3.05, 3.63) is 59.5 Å². The summed E-state index contributed by atoms with van der Waals surface area (Å²) in [6, 6.07) is 13.3. The van der Waals surface area contributed by atoms with E-state index in [0.717, 1.165) is 28.1 Å². The maximum atomic E-state index is 12.7. The fourth-order valence-corrected chi connectivity index (χ4v) is 4.02. The molecule has 1 aliphatic heterocycles. The zero-order valence-corrected chi connectivity index (χ0v) is 20.4. The van der Waals surface area contributed by atoms with Crippen molar-refractivity contribution >= 4 is 17.5 Å². The fraction of sp³-hybridized carbons (Fsp3) is 0.385. The Balaban J connectivity index is 1.20. The number of ether oxygens (including phenoxy) is 1. The predicted molar refractivity (Wildman–Crippen MR) is 132 cm³/mol. The molecule has 184 valence electrons. The van der Waals surface area contributed by atoms with Crippen LogP contribution in [0, 0.1) is 13.8 Å². The monoisotopic (exact) mass is 477 g/mol. The molecule has 2 aromatic carbocycles. The lowest BCUT2D eigenvalue weighted by molar-refractivity contribution is -0.133. The molecule has 0 aliphatic carbocycles. The summed E-state index contributed by atoms with van der Waals surface area (Å²) in [6.45, 7) is 6.85. The van der Waals surface area contributed by atoms with Crippen molar-refractivity contribution in [2.24, 2.45) is 0 Å². The van der Waals surface area contributed by atoms with Crippen molar-refractivity contribution in [2.75, 3.05) is 45.2 Å². The molecule has 1 aliphatic rings. The summed E-state index contributed by atoms with van der Waals surface area (Å²) in [4.78, 5) is 33.5. The number of rotatable bonds is 8. The molecule has 0 bridgehead atoms. The number of hydrogen-bond acceptors (Lipinski definition) is 7. The second-order valence-corrected chi connectivity index (χ2v) is 8.69. The van der Waals surface area contributed by atoms with Gasteiger partial charge in [0.2, 0.25) is 23.5 Å². The zero-order valence-electron chi connectivity index (χ0n) is 20.4. The van der Waals surface area contributed by atoms with E-state index in [0.29, 0.717) is 57.3 Å². The minimum atomic E-state index is -0.0393. The highest BCUT2D eigenvalue weighted by molar-refractivity contribution is 5.93. The van der Waals surface area contributed by atoms with E-state index in [2.05, 4.69) is 20.4 Å². The lowest BCUT2D eigenvalue weighted by Crippen LogP contribution is -2.50. The van der Waals surface area contributed by atoms with E-state index in [9.17, 15) is 9.59 Å². The molecule has 3 aromatic rings. The van der Waals surface area contributed by atoms with Crippen LogP contribution in [-0.2, 0) is 16.0 Å². The highest BCUT2D eigenvalue weighted by Crippen LogP contribution is 2.20. The van der Waals surface area contributed by atoms with Gasteiger partial charge in [0, 0.05) is 50.3 Å². The molecule has 0 atom stereocenters. The highest BCUT2D eigenvalue weighted by Gasteiger charge is 2.23. The van der Waals surface area contributed by atoms with Gasteiger partial charge in [-0.1, -0.05) is 17.3 Å². The summed E-state index contributed by atoms with van der Waals surface area (Å²) in [5, 5.41) is 7.01. The molecule has 35 heavy (non-hydrogen) atoms. The van der Waals surface area contributed by atoms with Gasteiger partial charge in [-0.25, -0.2) is 0 Å². The molecule has 2 amide bonds. The SMILES string of the molecule is COc1ccc(-c2noc(CCC(=O)N3CCN(CC(=O)Nc4cccc(C)c4C)CC3)n2)cc1. The normalized spacial score (nSPS) is 14.1. The summed E-state index contributed by atoms with van der Waals surface area (Å²) < 4.78 is 10.5. The third kappa shape index (κ3) is 6.24. The lowest BCUT2D eigenvalue weighted by atomic mass is 10.1. The molecule has 0 spiro atoms. The van der Waals surface area contributed by atoms with Gasteiger partial charge in [-0.3, -0.25) is 14.5 Å². The molecule has 1 fully saturated rings. The van der Waals surface area contributed by atoms with Crippen LogP contribution in [0.15, 0.2) is 47.0 Å². The zero-order chi connectivity index (χ0) is 24.8. The van der Waals surface area contributed by atoms with Gasteiger partial charge in [-0.05, 0) is 55.3 Å². The van der Waals surface area contributed by atoms with Crippen LogP contribution < -0.4 is 10.1 Å². The molecule has 0 saturated carbocycles. The first-order valence-corrected chi connectivity index (χ1v) is 11.8. The Hall–Kier alpha value is -3.72. The molecule has 9 nitrogen and oxygen atoms in total. The van der Waals surface area contributed by atoms with Gasteiger partial charge >= 0.3 is 0 Å². The number of amides is 2. The number of aromatic nitrogens is 2. The van der Waals surface area contributed by atoms with Gasteiger partial charge in [0.05, 0.1) is 13.7 Å². The van der Waals surface area contributed by atoms with Gasteiger partial charge in [0.25, 0.3) is 0 Å². The lowest BCUT2D eigenvalue weighted by Gasteiger charge is -2.34. The second kappa shape index (κ2) is 11.1. The topological polar surface area (TPSA) is 101 Å². The van der Waals surface area contributed by atoms with E-state index in [-0.39, 0.29) is 11.8 Å². The molecule has 2 heterocycles. The number of hydrogen-bond donors (Lipinski definition) is 1. The first kappa shape index (κ1) is 24.4. The van der Waals surface area contributed by atoms with Crippen LogP contribution in [0.1, 0.15) is 23.4 Å². The molecule has 0 unspecified atom stereocenters. The third-order valence-electron chi connectivity index (χ3n) is 6.34. The molecule has 9 heteroatoms. The van der Waals surface area contributed by atoms with Crippen molar-refractivity contribution in [2.45, 2.75) is 26.7 Å². The van der Waals surface area contributed by atoms with Crippen LogP contribution in [0.5, 0.6) is 5.75 Å². The van der Waals surface area contributed by atoms with E-state index in [1.54, 1.807) is 7.11 Å². The van der Waals surface area contributed by atoms with Crippen molar-refractivity contribution in [1.82, 2.24) is 19.9 Å². The van der Waals surface area contributed by atoms with E-state index in [1.807, 2.05) is 61.2 Å². The molecule has 1 saturated heterocycles. The Bertz CT molecular complexity index is 1170. The number of methoxy groups -OCH3 is 1. The van der Waals surface area contributed by atoms with Gasteiger partial charge in [-0.15, -0.1) is 0 Å². The van der Waals surface area contributed by atoms with Crippen molar-refractivity contribution in [3.63, 3.8) is 0 Å². The minimum absolute atomic E-state index is 0.0393. The Morgan fingerprint density at radius 3 is 2.51 bits per heavy atom. The fourth-order valence-electron chi connectivity index (χ4n) is 4.02. The molecule has 1 aromatic heterocycles. The number of piperazine rings is 1. The van der Waals surface area contributed by atoms with E-state index in [4.69, 9.17) is 9.26 Å². The third-order valence-corrected chi connectivity index (χ3v) is 6.34. The number of carbonyl (C=O) groups is 2. The van der Waals surface area contributed by atoms with Crippen LogP contribution in [0.3, 0.4) is 0 Å². The van der Waals surface area contributed by atoms with Crippen LogP contribution >= 0.6 is 0 Å². The number of aryl methyl sites for hydroxylation is 2. The molecular formula is C26H31N5O4. The Morgan fingerprint density at radius 2 is 1.80 bits per heavy atom. The average molecular weight is 478 g/mol. The van der Waals surface area contributed by atoms with Gasteiger partial charge in [0.1, 0.15) is 5.75 Å². The van der Waals surface area contributed by atoms with E-state index >= 15 is 0 Å². The minimum Gasteiger partial charge on any atom is -0.497 e. The smallest absolute Gasteiger partial charge is 0.238 e. The van der Waals surface area contributed by atoms with E-state index in [1.165, 1.54) is 0 Å². The Labute approximate surface area is 205 Å².